The van der Waals surface area contributed by atoms with Gasteiger partial charge in [0.1, 0.15) is 0 Å². The van der Waals surface area contributed by atoms with Crippen molar-refractivity contribution >= 4 is 45.8 Å². The molecule has 2 heterocycles. The monoisotopic (exact) mass is 356 g/mol. The third kappa shape index (κ3) is 2.67. The Kier molecular flexibility index (Phi) is 3.89. The minimum atomic E-state index is 0.746. The zero-order chi connectivity index (χ0) is 15.8. The lowest BCUT2D eigenvalue weighted by Gasteiger charge is -2.05. The van der Waals surface area contributed by atoms with E-state index < -0.39 is 0 Å². The van der Waals surface area contributed by atoms with Crippen LogP contribution < -0.4 is 0 Å². The molecule has 2 aromatic heterocycles. The lowest BCUT2D eigenvalue weighted by atomic mass is 10.2. The second-order valence-electron chi connectivity index (χ2n) is 5.21. The van der Waals surface area contributed by atoms with Gasteiger partial charge in [-0.1, -0.05) is 47.6 Å². The van der Waals surface area contributed by atoms with E-state index in [1.807, 2.05) is 24.4 Å². The molecule has 114 valence electrons. The highest BCUT2D eigenvalue weighted by Crippen LogP contribution is 2.40. The highest BCUT2D eigenvalue weighted by molar-refractivity contribution is 7.99. The zero-order valence-electron chi connectivity index (χ0n) is 12.4. The van der Waals surface area contributed by atoms with Crippen molar-refractivity contribution in [3.8, 4) is 5.69 Å². The van der Waals surface area contributed by atoms with E-state index in [4.69, 9.17) is 11.6 Å². The number of aromatic nitrogens is 2. The predicted octanol–water partition coefficient (Wildman–Crippen LogP) is 6.20. The number of halogens is 1. The van der Waals surface area contributed by atoms with E-state index in [1.54, 1.807) is 11.8 Å². The molecule has 0 spiro atoms. The third-order valence-electron chi connectivity index (χ3n) is 3.75. The fraction of sp³-hybridized carbons (Fsp3) is 0.0556. The van der Waals surface area contributed by atoms with Crippen molar-refractivity contribution in [3.05, 3.63) is 70.8 Å². The average molecular weight is 357 g/mol. The summed E-state index contributed by atoms with van der Waals surface area (Å²) in [5, 5.41) is 4.02. The first-order valence-corrected chi connectivity index (χ1v) is 9.20. The number of nitrogens with zero attached hydrogens (tertiary/aromatic N) is 2. The zero-order valence-corrected chi connectivity index (χ0v) is 14.8. The Morgan fingerprint density at radius 1 is 1.13 bits per heavy atom. The SMILES string of the molecule is Cc1c(Sc2ccccc2)c2ccc(Cl)cc2n1-c1cnsc1. The fourth-order valence-corrected chi connectivity index (χ4v) is 4.46. The van der Waals surface area contributed by atoms with Gasteiger partial charge < -0.3 is 4.57 Å². The van der Waals surface area contributed by atoms with Gasteiger partial charge in [0, 0.05) is 31.3 Å². The summed E-state index contributed by atoms with van der Waals surface area (Å²) in [5.74, 6) is 0. The van der Waals surface area contributed by atoms with Crippen LogP contribution in [0.15, 0.2) is 69.9 Å². The normalized spacial score (nSPS) is 11.2. The Bertz CT molecular complexity index is 960. The maximum absolute atomic E-state index is 6.24. The maximum atomic E-state index is 6.24. The number of rotatable bonds is 3. The molecule has 4 aromatic rings. The predicted molar refractivity (Wildman–Crippen MR) is 99.3 cm³/mol. The lowest BCUT2D eigenvalue weighted by molar-refractivity contribution is 1.03. The Morgan fingerprint density at radius 2 is 1.96 bits per heavy atom. The molecule has 2 nitrogen and oxygen atoms in total. The van der Waals surface area contributed by atoms with Crippen molar-refractivity contribution in [1.29, 1.82) is 0 Å². The Hall–Kier alpha value is -1.75. The lowest BCUT2D eigenvalue weighted by Crippen LogP contribution is -1.94. The van der Waals surface area contributed by atoms with E-state index in [-0.39, 0.29) is 0 Å². The first kappa shape index (κ1) is 14.8. The van der Waals surface area contributed by atoms with Crippen molar-refractivity contribution in [3.63, 3.8) is 0 Å². The van der Waals surface area contributed by atoms with E-state index in [2.05, 4.69) is 51.6 Å². The summed E-state index contributed by atoms with van der Waals surface area (Å²) < 4.78 is 6.48. The number of hydrogen-bond acceptors (Lipinski definition) is 3. The summed E-state index contributed by atoms with van der Waals surface area (Å²) in [4.78, 5) is 2.49. The summed E-state index contributed by atoms with van der Waals surface area (Å²) in [7, 11) is 0. The molecule has 0 unspecified atom stereocenters. The van der Waals surface area contributed by atoms with Crippen molar-refractivity contribution in [2.75, 3.05) is 0 Å². The van der Waals surface area contributed by atoms with Gasteiger partial charge in [-0.05, 0) is 42.7 Å². The third-order valence-corrected chi connectivity index (χ3v) is 5.79. The van der Waals surface area contributed by atoms with Crippen LogP contribution in [0.2, 0.25) is 5.02 Å². The van der Waals surface area contributed by atoms with Crippen molar-refractivity contribution < 1.29 is 0 Å². The Balaban J connectivity index is 1.96. The quantitative estimate of drug-likeness (QED) is 0.435. The molecular formula is C18H13ClN2S2. The topological polar surface area (TPSA) is 17.8 Å². The van der Waals surface area contributed by atoms with E-state index in [9.17, 15) is 0 Å². The number of benzene rings is 2. The summed E-state index contributed by atoms with van der Waals surface area (Å²) in [5.41, 5.74) is 3.41. The van der Waals surface area contributed by atoms with Crippen LogP contribution in [0, 0.1) is 6.92 Å². The van der Waals surface area contributed by atoms with Crippen LogP contribution in [-0.4, -0.2) is 8.94 Å². The molecule has 0 saturated heterocycles. The van der Waals surface area contributed by atoms with Gasteiger partial charge in [-0.15, -0.1) is 0 Å². The van der Waals surface area contributed by atoms with Crippen LogP contribution >= 0.6 is 34.9 Å². The van der Waals surface area contributed by atoms with Gasteiger partial charge in [0.15, 0.2) is 0 Å². The second kappa shape index (κ2) is 6.04. The van der Waals surface area contributed by atoms with Crippen LogP contribution in [0.3, 0.4) is 0 Å². The number of hydrogen-bond donors (Lipinski definition) is 0. The van der Waals surface area contributed by atoms with Gasteiger partial charge in [-0.2, -0.15) is 4.37 Å². The summed E-state index contributed by atoms with van der Waals surface area (Å²) in [6.07, 6.45) is 1.90. The van der Waals surface area contributed by atoms with Gasteiger partial charge in [0.05, 0.1) is 17.4 Å². The van der Waals surface area contributed by atoms with Crippen molar-refractivity contribution in [2.45, 2.75) is 16.7 Å². The van der Waals surface area contributed by atoms with Crippen LogP contribution in [0.4, 0.5) is 0 Å². The molecule has 0 saturated carbocycles. The Morgan fingerprint density at radius 3 is 2.70 bits per heavy atom. The molecule has 4 rings (SSSR count). The van der Waals surface area contributed by atoms with Gasteiger partial charge >= 0.3 is 0 Å². The molecule has 0 N–H and O–H groups in total. The second-order valence-corrected chi connectivity index (χ2v) is 7.39. The molecule has 0 aliphatic carbocycles. The highest BCUT2D eigenvalue weighted by atomic mass is 35.5. The first-order valence-electron chi connectivity index (χ1n) is 7.17. The highest BCUT2D eigenvalue weighted by Gasteiger charge is 2.17. The average Bonchev–Trinajstić information content (AvgIpc) is 3.16. The molecule has 5 heteroatoms. The molecule has 0 aliphatic rings. The molecular weight excluding hydrogens is 344 g/mol. The van der Waals surface area contributed by atoms with E-state index in [1.165, 1.54) is 32.4 Å². The summed E-state index contributed by atoms with van der Waals surface area (Å²) in [6, 6.07) is 16.5. The first-order chi connectivity index (χ1) is 11.2. The molecule has 23 heavy (non-hydrogen) atoms. The van der Waals surface area contributed by atoms with Crippen molar-refractivity contribution in [1.82, 2.24) is 8.94 Å². The van der Waals surface area contributed by atoms with Gasteiger partial charge in [-0.25, -0.2) is 0 Å². The smallest absolute Gasteiger partial charge is 0.0767 e. The van der Waals surface area contributed by atoms with E-state index in [0.29, 0.717) is 0 Å². The van der Waals surface area contributed by atoms with Crippen LogP contribution in [0.5, 0.6) is 0 Å². The standard InChI is InChI=1S/C18H13ClN2S2/c1-12-18(23-15-5-3-2-4-6-15)16-8-7-13(19)9-17(16)21(12)14-10-20-22-11-14/h2-11H,1H3. The molecule has 0 radical (unpaired) electrons. The minimum absolute atomic E-state index is 0.746. The van der Waals surface area contributed by atoms with Crippen LogP contribution in [-0.2, 0) is 0 Å². The largest absolute Gasteiger partial charge is 0.310 e. The van der Waals surface area contributed by atoms with Crippen LogP contribution in [0.1, 0.15) is 5.69 Å². The molecule has 0 amide bonds. The van der Waals surface area contributed by atoms with Gasteiger partial charge in [-0.3, -0.25) is 0 Å². The number of fused-ring (bicyclic) bond motifs is 1. The van der Waals surface area contributed by atoms with E-state index >= 15 is 0 Å². The molecule has 0 bridgehead atoms. The van der Waals surface area contributed by atoms with Gasteiger partial charge in [0.2, 0.25) is 0 Å². The van der Waals surface area contributed by atoms with Crippen LogP contribution in [0.25, 0.3) is 16.6 Å². The van der Waals surface area contributed by atoms with E-state index in [0.717, 1.165) is 16.2 Å². The molecule has 2 aromatic carbocycles. The molecule has 0 aliphatic heterocycles. The minimum Gasteiger partial charge on any atom is -0.310 e. The Labute approximate surface area is 147 Å². The molecule has 0 fully saturated rings. The maximum Gasteiger partial charge on any atom is 0.0767 e. The summed E-state index contributed by atoms with van der Waals surface area (Å²) >= 11 is 9.49. The van der Waals surface area contributed by atoms with Gasteiger partial charge in [0.25, 0.3) is 0 Å². The fourth-order valence-electron chi connectivity index (χ4n) is 2.74. The van der Waals surface area contributed by atoms with Crippen molar-refractivity contribution in [2.24, 2.45) is 0 Å². The summed E-state index contributed by atoms with van der Waals surface area (Å²) in [6.45, 7) is 2.15. The molecule has 0 atom stereocenters.